The first kappa shape index (κ1) is 21.3. The molecule has 2 fully saturated rings. The molecule has 7 heteroatoms. The second-order valence-corrected chi connectivity index (χ2v) is 8.21. The molecule has 0 radical (unpaired) electrons. The Kier molecular flexibility index (Phi) is 7.54. The maximum Gasteiger partial charge on any atom is 0.161 e. The molecule has 0 bridgehead atoms. The van der Waals surface area contributed by atoms with Crippen LogP contribution in [0.2, 0.25) is 0 Å². The van der Waals surface area contributed by atoms with Crippen molar-refractivity contribution < 1.29 is 19.3 Å². The summed E-state index contributed by atoms with van der Waals surface area (Å²) in [5.41, 5.74) is 0.545. The Hall–Kier alpha value is -1.38. The van der Waals surface area contributed by atoms with Gasteiger partial charge in [-0.25, -0.2) is 0 Å². The van der Waals surface area contributed by atoms with E-state index in [1.807, 2.05) is 26.2 Å². The summed E-state index contributed by atoms with van der Waals surface area (Å²) >= 11 is 0. The maximum atomic E-state index is 11.0. The van der Waals surface area contributed by atoms with E-state index in [2.05, 4.69) is 20.8 Å². The van der Waals surface area contributed by atoms with Gasteiger partial charge < -0.3 is 24.2 Å². The summed E-state index contributed by atoms with van der Waals surface area (Å²) in [6.07, 6.45) is 0.813. The second-order valence-electron chi connectivity index (χ2n) is 8.21. The van der Waals surface area contributed by atoms with Crippen LogP contribution in [0, 0.1) is 0 Å². The molecular formula is C21H35N3O4. The number of aliphatic hydroxyl groups is 1. The minimum Gasteiger partial charge on any atom is -0.493 e. The Morgan fingerprint density at radius 3 is 2.64 bits per heavy atom. The van der Waals surface area contributed by atoms with Crippen LogP contribution < -0.4 is 9.47 Å². The number of methoxy groups -OCH3 is 1. The summed E-state index contributed by atoms with van der Waals surface area (Å²) < 4.78 is 16.8. The minimum absolute atomic E-state index is 0.628. The van der Waals surface area contributed by atoms with Gasteiger partial charge in [0.15, 0.2) is 11.5 Å². The van der Waals surface area contributed by atoms with Crippen LogP contribution in [0.5, 0.6) is 11.5 Å². The van der Waals surface area contributed by atoms with E-state index in [4.69, 9.17) is 14.2 Å². The fourth-order valence-corrected chi connectivity index (χ4v) is 3.91. The molecule has 3 rings (SSSR count). The minimum atomic E-state index is -0.628. The van der Waals surface area contributed by atoms with Gasteiger partial charge in [-0.3, -0.25) is 9.80 Å². The van der Waals surface area contributed by atoms with Crippen molar-refractivity contribution in [1.82, 2.24) is 14.7 Å². The van der Waals surface area contributed by atoms with Crippen LogP contribution >= 0.6 is 0 Å². The third-order valence-corrected chi connectivity index (χ3v) is 5.46. The average Bonchev–Trinajstić information content (AvgIpc) is 3.03. The normalized spacial score (nSPS) is 24.0. The van der Waals surface area contributed by atoms with Crippen molar-refractivity contribution >= 4 is 0 Å². The topological polar surface area (TPSA) is 57.6 Å². The van der Waals surface area contributed by atoms with Gasteiger partial charge in [0.1, 0.15) is 6.61 Å². The van der Waals surface area contributed by atoms with E-state index >= 15 is 0 Å². The van der Waals surface area contributed by atoms with Crippen molar-refractivity contribution in [2.45, 2.75) is 18.6 Å². The number of likely N-dealkylation sites (N-methyl/N-ethyl adjacent to an activating group) is 1. The molecule has 158 valence electrons. The Bertz CT molecular complexity index is 622. The van der Waals surface area contributed by atoms with Gasteiger partial charge in [0.2, 0.25) is 0 Å². The van der Waals surface area contributed by atoms with Crippen LogP contribution in [-0.2, 0) is 11.3 Å². The van der Waals surface area contributed by atoms with Gasteiger partial charge in [0.05, 0.1) is 25.9 Å². The highest BCUT2D eigenvalue weighted by Gasteiger charge is 2.37. The van der Waals surface area contributed by atoms with Crippen LogP contribution in [0.4, 0.5) is 0 Å². The predicted octanol–water partition coefficient (Wildman–Crippen LogP) is 0.905. The molecule has 28 heavy (non-hydrogen) atoms. The lowest BCUT2D eigenvalue weighted by Crippen LogP contribution is -2.48. The Morgan fingerprint density at radius 1 is 1.14 bits per heavy atom. The number of hydrogen-bond donors (Lipinski definition) is 1. The van der Waals surface area contributed by atoms with Gasteiger partial charge >= 0.3 is 0 Å². The molecule has 0 amide bonds. The zero-order valence-corrected chi connectivity index (χ0v) is 17.5. The van der Waals surface area contributed by atoms with Crippen LogP contribution in [0.3, 0.4) is 0 Å². The zero-order chi connectivity index (χ0) is 20.0. The molecule has 1 N–H and O–H groups in total. The second kappa shape index (κ2) is 9.89. The fraction of sp³-hybridized carbons (Fsp3) is 0.714. The van der Waals surface area contributed by atoms with Gasteiger partial charge in [-0.2, -0.15) is 0 Å². The van der Waals surface area contributed by atoms with Crippen LogP contribution in [-0.4, -0.2) is 106 Å². The molecule has 2 heterocycles. The Labute approximate surface area is 168 Å². The first-order valence-electron chi connectivity index (χ1n) is 10.2. The summed E-state index contributed by atoms with van der Waals surface area (Å²) in [4.78, 5) is 6.73. The molecule has 0 aromatic heterocycles. The molecule has 0 spiro atoms. The zero-order valence-electron chi connectivity index (χ0n) is 17.5. The number of hydrogen-bond acceptors (Lipinski definition) is 7. The first-order chi connectivity index (χ1) is 13.5. The largest absolute Gasteiger partial charge is 0.493 e. The number of ether oxygens (including phenoxy) is 3. The molecular weight excluding hydrogens is 358 g/mol. The van der Waals surface area contributed by atoms with E-state index < -0.39 is 5.60 Å². The van der Waals surface area contributed by atoms with Crippen molar-refractivity contribution in [3.05, 3.63) is 23.8 Å². The van der Waals surface area contributed by atoms with Crippen molar-refractivity contribution in [2.75, 3.05) is 80.3 Å². The highest BCUT2D eigenvalue weighted by Crippen LogP contribution is 2.30. The SMILES string of the molecule is COc1cc(CN2CCC(O)(CN3CCOCC3)C2)ccc1OCCN(C)C. The van der Waals surface area contributed by atoms with Crippen molar-refractivity contribution in [1.29, 1.82) is 0 Å². The number of likely N-dealkylation sites (tertiary alicyclic amines) is 1. The first-order valence-corrected chi connectivity index (χ1v) is 10.2. The smallest absolute Gasteiger partial charge is 0.161 e. The van der Waals surface area contributed by atoms with Crippen molar-refractivity contribution in [3.63, 3.8) is 0 Å². The molecule has 2 saturated heterocycles. The monoisotopic (exact) mass is 393 g/mol. The molecule has 2 aliphatic rings. The van der Waals surface area contributed by atoms with E-state index in [9.17, 15) is 5.11 Å². The van der Waals surface area contributed by atoms with E-state index in [1.165, 1.54) is 5.56 Å². The maximum absolute atomic E-state index is 11.0. The van der Waals surface area contributed by atoms with Gasteiger partial charge in [0, 0.05) is 45.8 Å². The molecule has 1 atom stereocenters. The molecule has 1 aromatic rings. The third-order valence-electron chi connectivity index (χ3n) is 5.46. The van der Waals surface area contributed by atoms with Gasteiger partial charge in [0.25, 0.3) is 0 Å². The molecule has 0 saturated carbocycles. The van der Waals surface area contributed by atoms with E-state index in [0.29, 0.717) is 13.2 Å². The quantitative estimate of drug-likeness (QED) is 0.669. The number of benzene rings is 1. The standard InChI is InChI=1S/C21H35N3O4/c1-22(2)8-13-28-19-5-4-18(14-20(19)26-3)15-24-7-6-21(25,17-24)16-23-9-11-27-12-10-23/h4-5,14,25H,6-13,15-17H2,1-3H3. The summed E-state index contributed by atoms with van der Waals surface area (Å²) in [6.45, 7) is 7.99. The summed E-state index contributed by atoms with van der Waals surface area (Å²) in [6, 6.07) is 6.12. The molecule has 1 unspecified atom stereocenters. The predicted molar refractivity (Wildman–Crippen MR) is 109 cm³/mol. The Balaban J connectivity index is 1.53. The van der Waals surface area contributed by atoms with E-state index in [0.717, 1.165) is 70.4 Å². The van der Waals surface area contributed by atoms with Gasteiger partial charge in [-0.15, -0.1) is 0 Å². The van der Waals surface area contributed by atoms with E-state index in [1.54, 1.807) is 7.11 Å². The Morgan fingerprint density at radius 2 is 1.93 bits per heavy atom. The van der Waals surface area contributed by atoms with Crippen LogP contribution in [0.15, 0.2) is 18.2 Å². The van der Waals surface area contributed by atoms with Gasteiger partial charge in [-0.05, 0) is 38.2 Å². The average molecular weight is 394 g/mol. The number of nitrogens with zero attached hydrogens (tertiary/aromatic N) is 3. The van der Waals surface area contributed by atoms with Gasteiger partial charge in [-0.1, -0.05) is 6.07 Å². The summed E-state index contributed by atoms with van der Waals surface area (Å²) in [5.74, 6) is 1.54. The molecule has 1 aromatic carbocycles. The lowest BCUT2D eigenvalue weighted by Gasteiger charge is -2.33. The molecule has 2 aliphatic heterocycles. The number of morpholine rings is 1. The number of β-amino-alcohol motifs (C(OH)–C–C–N with tert-alkyl or cyclic N) is 1. The highest BCUT2D eigenvalue weighted by atomic mass is 16.5. The molecule has 0 aliphatic carbocycles. The molecule has 7 nitrogen and oxygen atoms in total. The van der Waals surface area contributed by atoms with Crippen molar-refractivity contribution in [3.8, 4) is 11.5 Å². The number of rotatable bonds is 9. The van der Waals surface area contributed by atoms with Crippen LogP contribution in [0.25, 0.3) is 0 Å². The summed E-state index contributed by atoms with van der Waals surface area (Å²) in [7, 11) is 5.73. The highest BCUT2D eigenvalue weighted by molar-refractivity contribution is 5.43. The van der Waals surface area contributed by atoms with E-state index in [-0.39, 0.29) is 0 Å². The third kappa shape index (κ3) is 6.06. The van der Waals surface area contributed by atoms with Crippen LogP contribution in [0.1, 0.15) is 12.0 Å². The lowest BCUT2D eigenvalue weighted by molar-refractivity contribution is -0.0266. The lowest BCUT2D eigenvalue weighted by atomic mass is 10.0. The summed E-state index contributed by atoms with van der Waals surface area (Å²) in [5, 5.41) is 11.0. The van der Waals surface area contributed by atoms with Crippen molar-refractivity contribution in [2.24, 2.45) is 0 Å². The fourth-order valence-electron chi connectivity index (χ4n) is 3.91.